The second-order valence-electron chi connectivity index (χ2n) is 6.81. The zero-order valence-corrected chi connectivity index (χ0v) is 14.3. The second kappa shape index (κ2) is 6.48. The molecule has 0 spiro atoms. The van der Waals surface area contributed by atoms with Crippen molar-refractivity contribution >= 4 is 15.9 Å². The standard InChI is InChI=1S/C17H25BrO2/c1-16(2,3)14-4-6-15(7-5-14)20-13-17(12-18)8-10-19-11-9-17/h4-7H,8-13H2,1-3H3. The van der Waals surface area contributed by atoms with Gasteiger partial charge < -0.3 is 9.47 Å². The van der Waals surface area contributed by atoms with Gasteiger partial charge in [-0.3, -0.25) is 0 Å². The van der Waals surface area contributed by atoms with Crippen molar-refractivity contribution in [2.24, 2.45) is 5.41 Å². The van der Waals surface area contributed by atoms with Crippen molar-refractivity contribution in [1.29, 1.82) is 0 Å². The number of ether oxygens (including phenoxy) is 2. The van der Waals surface area contributed by atoms with Gasteiger partial charge in [0, 0.05) is 24.0 Å². The molecule has 0 amide bonds. The zero-order valence-electron chi connectivity index (χ0n) is 12.7. The van der Waals surface area contributed by atoms with Crippen LogP contribution in [0, 0.1) is 5.41 Å². The van der Waals surface area contributed by atoms with Gasteiger partial charge in [0.05, 0.1) is 6.61 Å². The first-order chi connectivity index (χ1) is 9.45. The Kier molecular flexibility index (Phi) is 5.14. The summed E-state index contributed by atoms with van der Waals surface area (Å²) in [5.41, 5.74) is 1.75. The van der Waals surface area contributed by atoms with Gasteiger partial charge in [0.1, 0.15) is 5.75 Å². The molecule has 1 aromatic carbocycles. The fourth-order valence-corrected chi connectivity index (χ4v) is 3.13. The molecule has 2 nitrogen and oxygen atoms in total. The van der Waals surface area contributed by atoms with Crippen molar-refractivity contribution in [3.8, 4) is 5.75 Å². The summed E-state index contributed by atoms with van der Waals surface area (Å²) in [6, 6.07) is 8.50. The van der Waals surface area contributed by atoms with Crippen LogP contribution in [0.25, 0.3) is 0 Å². The van der Waals surface area contributed by atoms with E-state index in [-0.39, 0.29) is 10.8 Å². The number of hydrogen-bond acceptors (Lipinski definition) is 2. The monoisotopic (exact) mass is 340 g/mol. The zero-order chi connectivity index (χ0) is 14.6. The van der Waals surface area contributed by atoms with Gasteiger partial charge in [0.2, 0.25) is 0 Å². The number of halogens is 1. The molecule has 0 unspecified atom stereocenters. The third-order valence-electron chi connectivity index (χ3n) is 4.10. The summed E-state index contributed by atoms with van der Waals surface area (Å²) in [7, 11) is 0. The highest BCUT2D eigenvalue weighted by atomic mass is 79.9. The Morgan fingerprint density at radius 2 is 1.75 bits per heavy atom. The van der Waals surface area contributed by atoms with Crippen LogP contribution < -0.4 is 4.74 Å². The lowest BCUT2D eigenvalue weighted by molar-refractivity contribution is 0.00354. The lowest BCUT2D eigenvalue weighted by atomic mass is 9.83. The first-order valence-corrected chi connectivity index (χ1v) is 8.44. The molecular formula is C17H25BrO2. The first kappa shape index (κ1) is 15.8. The van der Waals surface area contributed by atoms with Crippen molar-refractivity contribution in [1.82, 2.24) is 0 Å². The highest BCUT2D eigenvalue weighted by Gasteiger charge is 2.32. The van der Waals surface area contributed by atoms with Gasteiger partial charge in [-0.05, 0) is 36.0 Å². The number of hydrogen-bond donors (Lipinski definition) is 0. The molecule has 1 aliphatic rings. The molecule has 0 bridgehead atoms. The first-order valence-electron chi connectivity index (χ1n) is 7.32. The number of benzene rings is 1. The fraction of sp³-hybridized carbons (Fsp3) is 0.647. The van der Waals surface area contributed by atoms with Crippen LogP contribution in [0.2, 0.25) is 0 Å². The van der Waals surface area contributed by atoms with E-state index >= 15 is 0 Å². The van der Waals surface area contributed by atoms with Gasteiger partial charge in [-0.1, -0.05) is 48.8 Å². The molecule has 0 aromatic heterocycles. The van der Waals surface area contributed by atoms with Crippen LogP contribution in [0.1, 0.15) is 39.2 Å². The summed E-state index contributed by atoms with van der Waals surface area (Å²) in [6.07, 6.45) is 2.14. The number of alkyl halides is 1. The topological polar surface area (TPSA) is 18.5 Å². The molecule has 0 aliphatic carbocycles. The van der Waals surface area contributed by atoms with Gasteiger partial charge in [0.25, 0.3) is 0 Å². The molecule has 0 radical (unpaired) electrons. The van der Waals surface area contributed by atoms with E-state index in [4.69, 9.17) is 9.47 Å². The smallest absolute Gasteiger partial charge is 0.119 e. The highest BCUT2D eigenvalue weighted by Crippen LogP contribution is 2.33. The average Bonchev–Trinajstić information content (AvgIpc) is 2.46. The average molecular weight is 341 g/mol. The molecule has 1 aliphatic heterocycles. The van der Waals surface area contributed by atoms with Gasteiger partial charge in [-0.2, -0.15) is 0 Å². The lowest BCUT2D eigenvalue weighted by Crippen LogP contribution is -2.36. The Bertz CT molecular complexity index is 414. The molecule has 0 N–H and O–H groups in total. The van der Waals surface area contributed by atoms with Crippen LogP contribution in [0.15, 0.2) is 24.3 Å². The predicted octanol–water partition coefficient (Wildman–Crippen LogP) is 4.55. The van der Waals surface area contributed by atoms with Crippen LogP contribution in [0.3, 0.4) is 0 Å². The molecule has 0 atom stereocenters. The van der Waals surface area contributed by atoms with Crippen LogP contribution in [-0.2, 0) is 10.2 Å². The van der Waals surface area contributed by atoms with Gasteiger partial charge in [0.15, 0.2) is 0 Å². The third kappa shape index (κ3) is 3.98. The molecular weight excluding hydrogens is 316 g/mol. The van der Waals surface area contributed by atoms with E-state index in [1.54, 1.807) is 0 Å². The Hall–Kier alpha value is -0.540. The summed E-state index contributed by atoms with van der Waals surface area (Å²) in [5.74, 6) is 0.963. The van der Waals surface area contributed by atoms with E-state index in [0.717, 1.165) is 43.7 Å². The molecule has 112 valence electrons. The second-order valence-corrected chi connectivity index (χ2v) is 7.37. The Balaban J connectivity index is 1.96. The van der Waals surface area contributed by atoms with Crippen molar-refractivity contribution in [2.45, 2.75) is 39.0 Å². The minimum Gasteiger partial charge on any atom is -0.493 e. The van der Waals surface area contributed by atoms with Gasteiger partial charge in [-0.15, -0.1) is 0 Å². The van der Waals surface area contributed by atoms with E-state index in [2.05, 4.69) is 61.0 Å². The molecule has 3 heteroatoms. The molecule has 20 heavy (non-hydrogen) atoms. The normalized spacial score (nSPS) is 18.8. The van der Waals surface area contributed by atoms with Crippen molar-refractivity contribution in [2.75, 3.05) is 25.2 Å². The van der Waals surface area contributed by atoms with E-state index in [1.807, 2.05) is 0 Å². The van der Waals surface area contributed by atoms with Gasteiger partial charge in [-0.25, -0.2) is 0 Å². The summed E-state index contributed by atoms with van der Waals surface area (Å²) in [5, 5.41) is 0.976. The van der Waals surface area contributed by atoms with Crippen LogP contribution in [0.4, 0.5) is 0 Å². The SMILES string of the molecule is CC(C)(C)c1ccc(OCC2(CBr)CCOCC2)cc1. The maximum absolute atomic E-state index is 6.02. The molecule has 1 heterocycles. The fourth-order valence-electron chi connectivity index (χ4n) is 2.41. The lowest BCUT2D eigenvalue weighted by Gasteiger charge is -2.35. The summed E-state index contributed by atoms with van der Waals surface area (Å²) < 4.78 is 11.5. The Morgan fingerprint density at radius 1 is 1.15 bits per heavy atom. The minimum atomic E-state index is 0.191. The van der Waals surface area contributed by atoms with E-state index in [1.165, 1.54) is 5.56 Å². The van der Waals surface area contributed by atoms with Gasteiger partial charge >= 0.3 is 0 Å². The highest BCUT2D eigenvalue weighted by molar-refractivity contribution is 9.09. The number of rotatable bonds is 4. The summed E-state index contributed by atoms with van der Waals surface area (Å²) in [6.45, 7) is 9.13. The molecule has 1 saturated heterocycles. The van der Waals surface area contributed by atoms with E-state index < -0.39 is 0 Å². The maximum atomic E-state index is 6.02. The molecule has 1 aromatic rings. The molecule has 1 fully saturated rings. The minimum absolute atomic E-state index is 0.191. The quantitative estimate of drug-likeness (QED) is 0.748. The largest absolute Gasteiger partial charge is 0.493 e. The Labute approximate surface area is 131 Å². The molecule has 0 saturated carbocycles. The summed E-state index contributed by atoms with van der Waals surface area (Å²) >= 11 is 3.64. The van der Waals surface area contributed by atoms with E-state index in [9.17, 15) is 0 Å². The van der Waals surface area contributed by atoms with Crippen LogP contribution in [-0.4, -0.2) is 25.2 Å². The van der Waals surface area contributed by atoms with Crippen molar-refractivity contribution in [3.63, 3.8) is 0 Å². The molecule has 2 rings (SSSR count). The van der Waals surface area contributed by atoms with Crippen LogP contribution >= 0.6 is 15.9 Å². The third-order valence-corrected chi connectivity index (χ3v) is 5.29. The van der Waals surface area contributed by atoms with Crippen LogP contribution in [0.5, 0.6) is 5.75 Å². The Morgan fingerprint density at radius 3 is 2.25 bits per heavy atom. The van der Waals surface area contributed by atoms with Crippen molar-refractivity contribution < 1.29 is 9.47 Å². The van der Waals surface area contributed by atoms with Crippen molar-refractivity contribution in [3.05, 3.63) is 29.8 Å². The predicted molar refractivity (Wildman–Crippen MR) is 86.9 cm³/mol. The maximum Gasteiger partial charge on any atom is 0.119 e. The summed E-state index contributed by atoms with van der Waals surface area (Å²) in [4.78, 5) is 0. The van der Waals surface area contributed by atoms with E-state index in [0.29, 0.717) is 0 Å².